The zero-order valence-electron chi connectivity index (χ0n) is 16.0. The lowest BCUT2D eigenvalue weighted by atomic mass is 9.97. The first-order valence-corrected chi connectivity index (χ1v) is 9.93. The van der Waals surface area contributed by atoms with Crippen LogP contribution in [0.1, 0.15) is 12.8 Å². The van der Waals surface area contributed by atoms with Crippen LogP contribution in [0.3, 0.4) is 0 Å². The molecule has 2 aromatic carbocycles. The van der Waals surface area contributed by atoms with Crippen LogP contribution in [0, 0.1) is 5.92 Å². The highest BCUT2D eigenvalue weighted by Gasteiger charge is 2.27. The van der Waals surface area contributed by atoms with E-state index in [1.807, 2.05) is 42.5 Å². The van der Waals surface area contributed by atoms with Crippen molar-refractivity contribution in [2.75, 3.05) is 36.5 Å². The van der Waals surface area contributed by atoms with Gasteiger partial charge in [-0.05, 0) is 37.1 Å². The molecule has 7 heteroatoms. The Balaban J connectivity index is 1.29. The summed E-state index contributed by atoms with van der Waals surface area (Å²) in [5.41, 5.74) is 2.47. The Morgan fingerprint density at radius 2 is 1.90 bits per heavy atom. The van der Waals surface area contributed by atoms with Gasteiger partial charge in [-0.2, -0.15) is 0 Å². The van der Waals surface area contributed by atoms with E-state index in [4.69, 9.17) is 14.5 Å². The second-order valence-corrected chi connectivity index (χ2v) is 7.35. The molecule has 3 heterocycles. The highest BCUT2D eigenvalue weighted by molar-refractivity contribution is 5.93. The number of benzene rings is 2. The molecule has 5 rings (SSSR count). The number of rotatable bonds is 3. The number of aromatic nitrogens is 2. The molecule has 1 N–H and O–H groups in total. The van der Waals surface area contributed by atoms with Crippen molar-refractivity contribution in [3.05, 3.63) is 48.7 Å². The average molecular weight is 390 g/mol. The molecule has 0 radical (unpaired) electrons. The first-order valence-electron chi connectivity index (χ1n) is 9.93. The van der Waals surface area contributed by atoms with E-state index >= 15 is 0 Å². The summed E-state index contributed by atoms with van der Waals surface area (Å²) in [5.74, 6) is 2.12. The third-order valence-corrected chi connectivity index (χ3v) is 5.36. The summed E-state index contributed by atoms with van der Waals surface area (Å²) in [6, 6.07) is 13.3. The predicted octanol–water partition coefficient (Wildman–Crippen LogP) is 3.26. The molecule has 0 unspecified atom stereocenters. The molecule has 2 aliphatic rings. The third kappa shape index (κ3) is 3.68. The van der Waals surface area contributed by atoms with Crippen molar-refractivity contribution < 1.29 is 14.3 Å². The van der Waals surface area contributed by atoms with Gasteiger partial charge in [0, 0.05) is 24.8 Å². The lowest BCUT2D eigenvalue weighted by molar-refractivity contribution is -0.120. The van der Waals surface area contributed by atoms with Gasteiger partial charge in [-0.25, -0.2) is 4.98 Å². The SMILES string of the molecule is O=C(Nc1ccc2c(c1)OCCO2)[C@H]1CCCN(c2cnc3ccccc3n2)C1. The largest absolute Gasteiger partial charge is 0.486 e. The van der Waals surface area contributed by atoms with Crippen LogP contribution in [0.4, 0.5) is 11.5 Å². The zero-order valence-corrected chi connectivity index (χ0v) is 16.0. The van der Waals surface area contributed by atoms with Crippen LogP contribution in [0.2, 0.25) is 0 Å². The number of hydrogen-bond donors (Lipinski definition) is 1. The summed E-state index contributed by atoms with van der Waals surface area (Å²) in [5, 5.41) is 3.03. The van der Waals surface area contributed by atoms with Crippen molar-refractivity contribution >= 4 is 28.4 Å². The minimum Gasteiger partial charge on any atom is -0.486 e. The molecule has 1 amide bonds. The number of nitrogens with zero attached hydrogens (tertiary/aromatic N) is 3. The molecular weight excluding hydrogens is 368 g/mol. The van der Waals surface area contributed by atoms with E-state index in [0.717, 1.165) is 41.9 Å². The lowest BCUT2D eigenvalue weighted by Gasteiger charge is -2.32. The minimum atomic E-state index is -0.106. The predicted molar refractivity (Wildman–Crippen MR) is 111 cm³/mol. The van der Waals surface area contributed by atoms with Crippen LogP contribution < -0.4 is 19.7 Å². The fraction of sp³-hybridized carbons (Fsp3) is 0.318. The maximum absolute atomic E-state index is 12.9. The number of fused-ring (bicyclic) bond motifs is 2. The molecule has 1 saturated heterocycles. The van der Waals surface area contributed by atoms with Gasteiger partial charge in [0.2, 0.25) is 5.91 Å². The van der Waals surface area contributed by atoms with Crippen molar-refractivity contribution in [1.82, 2.24) is 9.97 Å². The van der Waals surface area contributed by atoms with Gasteiger partial charge in [0.25, 0.3) is 0 Å². The summed E-state index contributed by atoms with van der Waals surface area (Å²) in [7, 11) is 0. The number of carbonyl (C=O) groups excluding carboxylic acids is 1. The molecule has 1 fully saturated rings. The molecule has 29 heavy (non-hydrogen) atoms. The number of amides is 1. The monoisotopic (exact) mass is 390 g/mol. The van der Waals surface area contributed by atoms with Gasteiger partial charge in [-0.15, -0.1) is 0 Å². The van der Waals surface area contributed by atoms with Crippen LogP contribution in [0.25, 0.3) is 11.0 Å². The summed E-state index contributed by atoms with van der Waals surface area (Å²) in [6.07, 6.45) is 3.59. The highest BCUT2D eigenvalue weighted by atomic mass is 16.6. The van der Waals surface area contributed by atoms with E-state index in [-0.39, 0.29) is 11.8 Å². The van der Waals surface area contributed by atoms with Gasteiger partial charge in [-0.1, -0.05) is 12.1 Å². The maximum Gasteiger partial charge on any atom is 0.229 e. The quantitative estimate of drug-likeness (QED) is 0.740. The second-order valence-electron chi connectivity index (χ2n) is 7.35. The van der Waals surface area contributed by atoms with Crippen molar-refractivity contribution in [1.29, 1.82) is 0 Å². The number of para-hydroxylation sites is 2. The topological polar surface area (TPSA) is 76.6 Å². The first kappa shape index (κ1) is 17.7. The Kier molecular flexibility index (Phi) is 4.63. The summed E-state index contributed by atoms with van der Waals surface area (Å²) in [4.78, 5) is 24.3. The smallest absolute Gasteiger partial charge is 0.229 e. The summed E-state index contributed by atoms with van der Waals surface area (Å²) < 4.78 is 11.1. The molecule has 1 atom stereocenters. The molecule has 0 saturated carbocycles. The number of carbonyl (C=O) groups is 1. The number of ether oxygens (including phenoxy) is 2. The summed E-state index contributed by atoms with van der Waals surface area (Å²) in [6.45, 7) is 2.58. The second kappa shape index (κ2) is 7.58. The lowest BCUT2D eigenvalue weighted by Crippen LogP contribution is -2.41. The Morgan fingerprint density at radius 1 is 1.07 bits per heavy atom. The molecule has 0 bridgehead atoms. The van der Waals surface area contributed by atoms with Gasteiger partial charge in [0.1, 0.15) is 19.0 Å². The van der Waals surface area contributed by atoms with Crippen molar-refractivity contribution in [2.24, 2.45) is 5.92 Å². The normalized spacial score (nSPS) is 18.5. The number of piperidine rings is 1. The Hall–Kier alpha value is -3.35. The van der Waals surface area contributed by atoms with Gasteiger partial charge < -0.3 is 19.7 Å². The van der Waals surface area contributed by atoms with Crippen LogP contribution in [-0.2, 0) is 4.79 Å². The van der Waals surface area contributed by atoms with E-state index < -0.39 is 0 Å². The first-order chi connectivity index (χ1) is 14.3. The van der Waals surface area contributed by atoms with Crippen molar-refractivity contribution in [2.45, 2.75) is 12.8 Å². The van der Waals surface area contributed by atoms with Crippen LogP contribution >= 0.6 is 0 Å². The molecule has 7 nitrogen and oxygen atoms in total. The summed E-state index contributed by atoms with van der Waals surface area (Å²) >= 11 is 0. The van der Waals surface area contributed by atoms with Crippen LogP contribution in [0.15, 0.2) is 48.7 Å². The molecule has 3 aromatic rings. The van der Waals surface area contributed by atoms with Crippen LogP contribution in [-0.4, -0.2) is 42.2 Å². The van der Waals surface area contributed by atoms with Gasteiger partial charge in [0.05, 0.1) is 23.1 Å². The number of anilines is 2. The Morgan fingerprint density at radius 3 is 2.79 bits per heavy atom. The Bertz CT molecular complexity index is 1060. The molecule has 2 aliphatic heterocycles. The number of nitrogens with one attached hydrogen (secondary N) is 1. The fourth-order valence-corrected chi connectivity index (χ4v) is 3.86. The maximum atomic E-state index is 12.9. The fourth-order valence-electron chi connectivity index (χ4n) is 3.86. The molecule has 0 aliphatic carbocycles. The van der Waals surface area contributed by atoms with E-state index in [0.29, 0.717) is 31.3 Å². The van der Waals surface area contributed by atoms with Gasteiger partial charge >= 0.3 is 0 Å². The van der Waals surface area contributed by atoms with E-state index in [1.165, 1.54) is 0 Å². The Labute approximate surface area is 168 Å². The van der Waals surface area contributed by atoms with Crippen molar-refractivity contribution in [3.8, 4) is 11.5 Å². The zero-order chi connectivity index (χ0) is 19.6. The van der Waals surface area contributed by atoms with E-state index in [1.54, 1.807) is 6.20 Å². The molecule has 1 aromatic heterocycles. The van der Waals surface area contributed by atoms with E-state index in [9.17, 15) is 4.79 Å². The van der Waals surface area contributed by atoms with Gasteiger partial charge in [0.15, 0.2) is 11.5 Å². The number of hydrogen-bond acceptors (Lipinski definition) is 6. The third-order valence-electron chi connectivity index (χ3n) is 5.36. The van der Waals surface area contributed by atoms with Crippen LogP contribution in [0.5, 0.6) is 11.5 Å². The minimum absolute atomic E-state index is 0.0140. The standard InChI is InChI=1S/C22H22N4O3/c27-22(24-16-7-8-19-20(12-16)29-11-10-28-19)15-4-3-9-26(14-15)21-13-23-17-5-1-2-6-18(17)25-21/h1-2,5-8,12-13,15H,3-4,9-11,14H2,(H,24,27)/t15-/m0/s1. The molecular formula is C22H22N4O3. The molecule has 148 valence electrons. The average Bonchev–Trinajstić information content (AvgIpc) is 2.79. The van der Waals surface area contributed by atoms with Gasteiger partial charge in [-0.3, -0.25) is 9.78 Å². The van der Waals surface area contributed by atoms with E-state index in [2.05, 4.69) is 15.2 Å². The molecule has 0 spiro atoms. The highest BCUT2D eigenvalue weighted by Crippen LogP contribution is 2.33. The van der Waals surface area contributed by atoms with Crippen molar-refractivity contribution in [3.63, 3.8) is 0 Å².